The number of aryl methyl sites for hydroxylation is 1. The molecule has 2 aromatic rings. The lowest BCUT2D eigenvalue weighted by atomic mass is 10.2. The Labute approximate surface area is 92.5 Å². The van der Waals surface area contributed by atoms with E-state index in [4.69, 9.17) is 4.52 Å². The molecule has 82 valence electrons. The SMILES string of the molecule is Cc1cnoc1C(=O)NCc1ccncc1. The lowest BCUT2D eigenvalue weighted by Crippen LogP contribution is -2.22. The second-order valence-corrected chi connectivity index (χ2v) is 3.38. The highest BCUT2D eigenvalue weighted by atomic mass is 16.5. The first-order chi connectivity index (χ1) is 7.77. The summed E-state index contributed by atoms with van der Waals surface area (Å²) in [5.41, 5.74) is 1.72. The zero-order chi connectivity index (χ0) is 11.4. The quantitative estimate of drug-likeness (QED) is 0.841. The number of hydrogen-bond acceptors (Lipinski definition) is 4. The summed E-state index contributed by atoms with van der Waals surface area (Å²) in [5, 5.41) is 6.29. The molecule has 2 rings (SSSR count). The third-order valence-electron chi connectivity index (χ3n) is 2.16. The van der Waals surface area contributed by atoms with E-state index in [1.54, 1.807) is 19.3 Å². The van der Waals surface area contributed by atoms with Gasteiger partial charge in [-0.1, -0.05) is 5.16 Å². The van der Waals surface area contributed by atoms with E-state index in [9.17, 15) is 4.79 Å². The molecular formula is C11H11N3O2. The molecule has 0 radical (unpaired) electrons. The normalized spacial score (nSPS) is 10.1. The number of pyridine rings is 1. The number of carbonyl (C=O) groups is 1. The van der Waals surface area contributed by atoms with Crippen LogP contribution in [0.1, 0.15) is 21.7 Å². The third kappa shape index (κ3) is 2.25. The minimum Gasteiger partial charge on any atom is -0.351 e. The Bertz CT molecular complexity index is 479. The molecule has 5 nitrogen and oxygen atoms in total. The maximum atomic E-state index is 11.6. The molecule has 0 aliphatic rings. The van der Waals surface area contributed by atoms with Crippen molar-refractivity contribution in [1.82, 2.24) is 15.5 Å². The molecule has 2 heterocycles. The molecule has 0 atom stereocenters. The van der Waals surface area contributed by atoms with Gasteiger partial charge in [-0.3, -0.25) is 9.78 Å². The Morgan fingerprint density at radius 3 is 2.81 bits per heavy atom. The number of amides is 1. The second kappa shape index (κ2) is 4.57. The second-order valence-electron chi connectivity index (χ2n) is 3.38. The van der Waals surface area contributed by atoms with E-state index >= 15 is 0 Å². The predicted molar refractivity (Wildman–Crippen MR) is 56.6 cm³/mol. The highest BCUT2D eigenvalue weighted by Crippen LogP contribution is 2.05. The van der Waals surface area contributed by atoms with Gasteiger partial charge < -0.3 is 9.84 Å². The van der Waals surface area contributed by atoms with Crippen LogP contribution < -0.4 is 5.32 Å². The van der Waals surface area contributed by atoms with E-state index in [-0.39, 0.29) is 11.7 Å². The molecule has 1 N–H and O–H groups in total. The van der Waals surface area contributed by atoms with Gasteiger partial charge in [-0.25, -0.2) is 0 Å². The van der Waals surface area contributed by atoms with Crippen molar-refractivity contribution in [2.24, 2.45) is 0 Å². The molecular weight excluding hydrogens is 206 g/mol. The van der Waals surface area contributed by atoms with Crippen molar-refractivity contribution in [3.05, 3.63) is 47.6 Å². The van der Waals surface area contributed by atoms with Crippen LogP contribution in [-0.4, -0.2) is 16.0 Å². The average Bonchev–Trinajstić information content (AvgIpc) is 2.74. The van der Waals surface area contributed by atoms with Gasteiger partial charge >= 0.3 is 0 Å². The van der Waals surface area contributed by atoms with E-state index in [0.717, 1.165) is 11.1 Å². The highest BCUT2D eigenvalue weighted by molar-refractivity contribution is 5.92. The van der Waals surface area contributed by atoms with Gasteiger partial charge in [0.05, 0.1) is 6.20 Å². The van der Waals surface area contributed by atoms with Crippen LogP contribution in [0.15, 0.2) is 35.2 Å². The number of aromatic nitrogens is 2. The van der Waals surface area contributed by atoms with Crippen molar-refractivity contribution in [2.45, 2.75) is 13.5 Å². The Morgan fingerprint density at radius 2 is 2.19 bits per heavy atom. The van der Waals surface area contributed by atoms with Gasteiger partial charge in [-0.2, -0.15) is 0 Å². The Morgan fingerprint density at radius 1 is 1.44 bits per heavy atom. The Hall–Kier alpha value is -2.17. The first-order valence-corrected chi connectivity index (χ1v) is 4.86. The van der Waals surface area contributed by atoms with Gasteiger partial charge in [-0.15, -0.1) is 0 Å². The maximum absolute atomic E-state index is 11.6. The smallest absolute Gasteiger partial charge is 0.290 e. The lowest BCUT2D eigenvalue weighted by Gasteiger charge is -2.02. The molecule has 5 heteroatoms. The summed E-state index contributed by atoms with van der Waals surface area (Å²) in [4.78, 5) is 15.5. The van der Waals surface area contributed by atoms with Crippen molar-refractivity contribution in [1.29, 1.82) is 0 Å². The van der Waals surface area contributed by atoms with Gasteiger partial charge in [0.1, 0.15) is 0 Å². The van der Waals surface area contributed by atoms with Crippen molar-refractivity contribution >= 4 is 5.91 Å². The van der Waals surface area contributed by atoms with E-state index in [2.05, 4.69) is 15.5 Å². The minimum atomic E-state index is -0.258. The first-order valence-electron chi connectivity index (χ1n) is 4.86. The molecule has 0 spiro atoms. The zero-order valence-electron chi connectivity index (χ0n) is 8.80. The van der Waals surface area contributed by atoms with Crippen LogP contribution in [0.3, 0.4) is 0 Å². The summed E-state index contributed by atoms with van der Waals surface area (Å²) in [5.74, 6) is 0.000804. The van der Waals surface area contributed by atoms with Crippen LogP contribution >= 0.6 is 0 Å². The number of carbonyl (C=O) groups excluding carboxylic acids is 1. The molecule has 16 heavy (non-hydrogen) atoms. The zero-order valence-corrected chi connectivity index (χ0v) is 8.80. The van der Waals surface area contributed by atoms with Crippen LogP contribution in [0.5, 0.6) is 0 Å². The Kier molecular flexibility index (Phi) is 2.95. The van der Waals surface area contributed by atoms with Gasteiger partial charge in [0.15, 0.2) is 0 Å². The molecule has 0 bridgehead atoms. The van der Waals surface area contributed by atoms with E-state index in [1.165, 1.54) is 6.20 Å². The monoisotopic (exact) mass is 217 g/mol. The molecule has 0 aliphatic carbocycles. The summed E-state index contributed by atoms with van der Waals surface area (Å²) in [6, 6.07) is 3.68. The summed E-state index contributed by atoms with van der Waals surface area (Å²) in [6.45, 7) is 2.22. The standard InChI is InChI=1S/C11H11N3O2/c1-8-6-14-16-10(8)11(15)13-7-9-2-4-12-5-3-9/h2-6H,7H2,1H3,(H,13,15). The fraction of sp³-hybridized carbons (Fsp3) is 0.182. The molecule has 0 unspecified atom stereocenters. The van der Waals surface area contributed by atoms with E-state index in [1.807, 2.05) is 12.1 Å². The van der Waals surface area contributed by atoms with Crippen LogP contribution in [0, 0.1) is 6.92 Å². The fourth-order valence-electron chi connectivity index (χ4n) is 1.27. The van der Waals surface area contributed by atoms with Gasteiger partial charge in [0, 0.05) is 24.5 Å². The molecule has 1 amide bonds. The minimum absolute atomic E-state index is 0.258. The average molecular weight is 217 g/mol. The van der Waals surface area contributed by atoms with Crippen molar-refractivity contribution in [3.63, 3.8) is 0 Å². The molecule has 0 saturated carbocycles. The van der Waals surface area contributed by atoms with E-state index < -0.39 is 0 Å². The van der Waals surface area contributed by atoms with Gasteiger partial charge in [0.2, 0.25) is 5.76 Å². The first kappa shape index (κ1) is 10.4. The topological polar surface area (TPSA) is 68.0 Å². The van der Waals surface area contributed by atoms with Gasteiger partial charge in [-0.05, 0) is 24.6 Å². The van der Waals surface area contributed by atoms with Crippen LogP contribution in [0.4, 0.5) is 0 Å². The Balaban J connectivity index is 1.97. The maximum Gasteiger partial charge on any atom is 0.290 e. The van der Waals surface area contributed by atoms with Crippen molar-refractivity contribution < 1.29 is 9.32 Å². The largest absolute Gasteiger partial charge is 0.351 e. The molecule has 0 fully saturated rings. The number of nitrogens with zero attached hydrogens (tertiary/aromatic N) is 2. The summed E-state index contributed by atoms with van der Waals surface area (Å²) in [6.07, 6.45) is 4.88. The fourth-order valence-corrected chi connectivity index (χ4v) is 1.27. The van der Waals surface area contributed by atoms with Crippen molar-refractivity contribution in [3.8, 4) is 0 Å². The van der Waals surface area contributed by atoms with Crippen LogP contribution in [-0.2, 0) is 6.54 Å². The number of nitrogens with one attached hydrogen (secondary N) is 1. The van der Waals surface area contributed by atoms with Crippen LogP contribution in [0.2, 0.25) is 0 Å². The molecule has 0 saturated heterocycles. The lowest BCUT2D eigenvalue weighted by molar-refractivity contribution is 0.0913. The third-order valence-corrected chi connectivity index (χ3v) is 2.16. The highest BCUT2D eigenvalue weighted by Gasteiger charge is 2.13. The van der Waals surface area contributed by atoms with E-state index in [0.29, 0.717) is 6.54 Å². The van der Waals surface area contributed by atoms with Crippen molar-refractivity contribution in [2.75, 3.05) is 0 Å². The summed E-state index contributed by atoms with van der Waals surface area (Å²) in [7, 11) is 0. The molecule has 0 aliphatic heterocycles. The van der Waals surface area contributed by atoms with Gasteiger partial charge in [0.25, 0.3) is 5.91 Å². The van der Waals surface area contributed by atoms with Crippen LogP contribution in [0.25, 0.3) is 0 Å². The number of hydrogen-bond donors (Lipinski definition) is 1. The predicted octanol–water partition coefficient (Wildman–Crippen LogP) is 1.31. The summed E-state index contributed by atoms with van der Waals surface area (Å²) < 4.78 is 4.84. The molecule has 2 aromatic heterocycles. The number of rotatable bonds is 3. The molecule has 0 aromatic carbocycles. The summed E-state index contributed by atoms with van der Waals surface area (Å²) >= 11 is 0.